The maximum atomic E-state index is 5.80. The predicted molar refractivity (Wildman–Crippen MR) is 83.7 cm³/mol. The molecule has 0 spiro atoms. The van der Waals surface area contributed by atoms with E-state index in [4.69, 9.17) is 18.6 Å². The molecule has 3 aromatic rings. The predicted octanol–water partition coefficient (Wildman–Crippen LogP) is 4.00. The molecular weight excluding hydrogens is 302 g/mol. The summed E-state index contributed by atoms with van der Waals surface area (Å²) in [4.78, 5) is 5.40. The fourth-order valence-electron chi connectivity index (χ4n) is 1.99. The quantitative estimate of drug-likeness (QED) is 0.688. The van der Waals surface area contributed by atoms with Gasteiger partial charge in [-0.3, -0.25) is 0 Å². The SMILES string of the molecule is COc1cccc(OC)c1OCc1coc(-c2cccs2)n1. The van der Waals surface area contributed by atoms with Crippen LogP contribution < -0.4 is 14.2 Å². The third-order valence-corrected chi connectivity index (χ3v) is 3.89. The molecule has 0 radical (unpaired) electrons. The number of hydrogen-bond donors (Lipinski definition) is 0. The molecule has 0 amide bonds. The number of ether oxygens (including phenoxy) is 3. The van der Waals surface area contributed by atoms with Crippen molar-refractivity contribution in [2.75, 3.05) is 14.2 Å². The number of rotatable bonds is 6. The molecule has 114 valence electrons. The summed E-state index contributed by atoms with van der Waals surface area (Å²) in [5, 5.41) is 1.98. The Morgan fingerprint density at radius 1 is 1.09 bits per heavy atom. The van der Waals surface area contributed by atoms with E-state index in [1.807, 2.05) is 35.7 Å². The second kappa shape index (κ2) is 6.53. The summed E-state index contributed by atoms with van der Waals surface area (Å²) in [5.74, 6) is 2.37. The van der Waals surface area contributed by atoms with E-state index >= 15 is 0 Å². The van der Waals surface area contributed by atoms with Crippen LogP contribution in [0.3, 0.4) is 0 Å². The van der Waals surface area contributed by atoms with E-state index < -0.39 is 0 Å². The summed E-state index contributed by atoms with van der Waals surface area (Å²) in [7, 11) is 3.18. The topological polar surface area (TPSA) is 53.7 Å². The van der Waals surface area contributed by atoms with Crippen LogP contribution in [0.1, 0.15) is 5.69 Å². The van der Waals surface area contributed by atoms with Crippen molar-refractivity contribution in [3.8, 4) is 28.0 Å². The van der Waals surface area contributed by atoms with E-state index in [9.17, 15) is 0 Å². The number of para-hydroxylation sites is 1. The van der Waals surface area contributed by atoms with Gasteiger partial charge in [-0.1, -0.05) is 12.1 Å². The Bertz CT molecular complexity index is 714. The van der Waals surface area contributed by atoms with E-state index in [1.54, 1.807) is 31.8 Å². The van der Waals surface area contributed by atoms with Crippen molar-refractivity contribution in [3.05, 3.63) is 47.7 Å². The standard InChI is InChI=1S/C16H15NO4S/c1-18-12-5-3-6-13(19-2)15(12)20-9-11-10-21-16(17-11)14-7-4-8-22-14/h3-8,10H,9H2,1-2H3. The van der Waals surface area contributed by atoms with Crippen molar-refractivity contribution in [3.63, 3.8) is 0 Å². The van der Waals surface area contributed by atoms with Gasteiger partial charge in [0.15, 0.2) is 11.5 Å². The second-order valence-corrected chi connectivity index (χ2v) is 5.35. The van der Waals surface area contributed by atoms with Crippen LogP contribution in [0, 0.1) is 0 Å². The molecule has 0 unspecified atom stereocenters. The van der Waals surface area contributed by atoms with E-state index in [1.165, 1.54) is 0 Å². The number of benzene rings is 1. The first-order valence-corrected chi connectivity index (χ1v) is 7.52. The summed E-state index contributed by atoms with van der Waals surface area (Å²) < 4.78 is 21.9. The molecule has 0 bridgehead atoms. The van der Waals surface area contributed by atoms with E-state index in [0.717, 1.165) is 4.88 Å². The molecule has 1 aromatic carbocycles. The molecule has 0 saturated heterocycles. The first kappa shape index (κ1) is 14.5. The van der Waals surface area contributed by atoms with Crippen molar-refractivity contribution < 1.29 is 18.6 Å². The van der Waals surface area contributed by atoms with Gasteiger partial charge in [0.2, 0.25) is 11.6 Å². The lowest BCUT2D eigenvalue weighted by atomic mass is 10.3. The van der Waals surface area contributed by atoms with Gasteiger partial charge in [-0.15, -0.1) is 11.3 Å². The number of oxazole rings is 1. The molecule has 2 aromatic heterocycles. The molecule has 0 aliphatic heterocycles. The fraction of sp³-hybridized carbons (Fsp3) is 0.188. The minimum absolute atomic E-state index is 0.269. The zero-order valence-electron chi connectivity index (χ0n) is 12.2. The van der Waals surface area contributed by atoms with Gasteiger partial charge in [-0.2, -0.15) is 0 Å². The number of nitrogens with zero attached hydrogens (tertiary/aromatic N) is 1. The lowest BCUT2D eigenvalue weighted by molar-refractivity contribution is 0.262. The number of methoxy groups -OCH3 is 2. The highest BCUT2D eigenvalue weighted by molar-refractivity contribution is 7.13. The number of aromatic nitrogens is 1. The van der Waals surface area contributed by atoms with Crippen molar-refractivity contribution in [1.29, 1.82) is 0 Å². The van der Waals surface area contributed by atoms with Crippen LogP contribution in [0.15, 0.2) is 46.4 Å². The molecule has 0 N–H and O–H groups in total. The smallest absolute Gasteiger partial charge is 0.236 e. The van der Waals surface area contributed by atoms with Crippen LogP contribution in [0.25, 0.3) is 10.8 Å². The third kappa shape index (κ3) is 2.92. The molecule has 0 saturated carbocycles. The van der Waals surface area contributed by atoms with Crippen LogP contribution in [0.5, 0.6) is 17.2 Å². The molecule has 3 rings (SSSR count). The molecule has 0 aliphatic carbocycles. The highest BCUT2D eigenvalue weighted by Gasteiger charge is 2.13. The lowest BCUT2D eigenvalue weighted by Crippen LogP contribution is -2.00. The fourth-order valence-corrected chi connectivity index (χ4v) is 2.65. The number of hydrogen-bond acceptors (Lipinski definition) is 6. The highest BCUT2D eigenvalue weighted by atomic mass is 32.1. The van der Waals surface area contributed by atoms with Gasteiger partial charge in [0.25, 0.3) is 0 Å². The van der Waals surface area contributed by atoms with E-state index in [-0.39, 0.29) is 6.61 Å². The van der Waals surface area contributed by atoms with Crippen molar-refractivity contribution in [2.24, 2.45) is 0 Å². The van der Waals surface area contributed by atoms with Gasteiger partial charge in [0.05, 0.1) is 19.1 Å². The Balaban J connectivity index is 1.76. The molecule has 0 atom stereocenters. The summed E-state index contributed by atoms with van der Waals surface area (Å²) in [6.45, 7) is 0.269. The van der Waals surface area contributed by atoms with Crippen molar-refractivity contribution >= 4 is 11.3 Å². The van der Waals surface area contributed by atoms with Gasteiger partial charge in [-0.05, 0) is 23.6 Å². The zero-order chi connectivity index (χ0) is 15.4. The van der Waals surface area contributed by atoms with Crippen LogP contribution in [0.2, 0.25) is 0 Å². The Kier molecular flexibility index (Phi) is 4.29. The largest absolute Gasteiger partial charge is 0.493 e. The maximum Gasteiger partial charge on any atom is 0.236 e. The van der Waals surface area contributed by atoms with Crippen LogP contribution in [-0.2, 0) is 6.61 Å². The third-order valence-electron chi connectivity index (χ3n) is 3.03. The molecule has 5 nitrogen and oxygen atoms in total. The van der Waals surface area contributed by atoms with Crippen LogP contribution >= 0.6 is 11.3 Å². The summed E-state index contributed by atoms with van der Waals surface area (Å²) in [6.07, 6.45) is 1.59. The van der Waals surface area contributed by atoms with Gasteiger partial charge >= 0.3 is 0 Å². The Hall–Kier alpha value is -2.47. The van der Waals surface area contributed by atoms with Gasteiger partial charge in [-0.25, -0.2) is 4.98 Å². The van der Waals surface area contributed by atoms with Crippen LogP contribution in [-0.4, -0.2) is 19.2 Å². The van der Waals surface area contributed by atoms with Crippen molar-refractivity contribution in [1.82, 2.24) is 4.98 Å². The monoisotopic (exact) mass is 317 g/mol. The average Bonchev–Trinajstić information content (AvgIpc) is 3.23. The Morgan fingerprint density at radius 3 is 2.50 bits per heavy atom. The normalized spacial score (nSPS) is 10.5. The summed E-state index contributed by atoms with van der Waals surface area (Å²) >= 11 is 1.58. The highest BCUT2D eigenvalue weighted by Crippen LogP contribution is 2.37. The molecule has 0 fully saturated rings. The molecule has 0 aliphatic rings. The molecule has 22 heavy (non-hydrogen) atoms. The van der Waals surface area contributed by atoms with Gasteiger partial charge in [0.1, 0.15) is 18.6 Å². The van der Waals surface area contributed by atoms with E-state index in [2.05, 4.69) is 4.98 Å². The zero-order valence-corrected chi connectivity index (χ0v) is 13.1. The first-order valence-electron chi connectivity index (χ1n) is 6.64. The van der Waals surface area contributed by atoms with Gasteiger partial charge < -0.3 is 18.6 Å². The Morgan fingerprint density at radius 2 is 1.86 bits per heavy atom. The minimum Gasteiger partial charge on any atom is -0.493 e. The molecule has 2 heterocycles. The minimum atomic E-state index is 0.269. The van der Waals surface area contributed by atoms with E-state index in [0.29, 0.717) is 28.8 Å². The average molecular weight is 317 g/mol. The lowest BCUT2D eigenvalue weighted by Gasteiger charge is -2.13. The Labute approximate surface area is 132 Å². The maximum absolute atomic E-state index is 5.80. The molecular formula is C16H15NO4S. The molecule has 6 heteroatoms. The van der Waals surface area contributed by atoms with Crippen molar-refractivity contribution in [2.45, 2.75) is 6.61 Å². The summed E-state index contributed by atoms with van der Waals surface area (Å²) in [6, 6.07) is 9.40. The van der Waals surface area contributed by atoms with Crippen LogP contribution in [0.4, 0.5) is 0 Å². The second-order valence-electron chi connectivity index (χ2n) is 4.40. The van der Waals surface area contributed by atoms with Gasteiger partial charge in [0, 0.05) is 0 Å². The number of thiophene rings is 1. The first-order chi connectivity index (χ1) is 10.8. The summed E-state index contributed by atoms with van der Waals surface area (Å²) in [5.41, 5.74) is 0.705.